The standard InChI is InChI=1S/C16H22FNO2/c1-12-10-14(13-5-7-15(17)8-6-13)11-18(12)9-3-2-4-16(19)20/h5-8,12,14H,2-4,9-11H2,1H3,(H,19,20). The third kappa shape index (κ3) is 4.04. The van der Waals surface area contributed by atoms with Gasteiger partial charge in [0.05, 0.1) is 0 Å². The van der Waals surface area contributed by atoms with E-state index in [2.05, 4.69) is 11.8 Å². The van der Waals surface area contributed by atoms with Gasteiger partial charge in [-0.1, -0.05) is 12.1 Å². The highest BCUT2D eigenvalue weighted by Crippen LogP contribution is 2.31. The number of rotatable bonds is 6. The lowest BCUT2D eigenvalue weighted by Gasteiger charge is -2.20. The van der Waals surface area contributed by atoms with E-state index >= 15 is 0 Å². The highest BCUT2D eigenvalue weighted by molar-refractivity contribution is 5.66. The Morgan fingerprint density at radius 1 is 1.35 bits per heavy atom. The van der Waals surface area contributed by atoms with Crippen molar-refractivity contribution in [1.82, 2.24) is 4.90 Å². The van der Waals surface area contributed by atoms with Crippen LogP contribution in [0.2, 0.25) is 0 Å². The minimum Gasteiger partial charge on any atom is -0.481 e. The molecule has 110 valence electrons. The average Bonchev–Trinajstić information content (AvgIpc) is 2.77. The molecule has 0 spiro atoms. The number of benzene rings is 1. The maximum atomic E-state index is 12.9. The number of carboxylic acids is 1. The van der Waals surface area contributed by atoms with Gasteiger partial charge in [-0.3, -0.25) is 4.79 Å². The number of unbranched alkanes of at least 4 members (excludes halogenated alkanes) is 1. The minimum atomic E-state index is -0.719. The number of hydrogen-bond donors (Lipinski definition) is 1. The van der Waals surface area contributed by atoms with Crippen molar-refractivity contribution in [3.63, 3.8) is 0 Å². The fraction of sp³-hybridized carbons (Fsp3) is 0.562. The smallest absolute Gasteiger partial charge is 0.303 e. The third-order valence-corrected chi connectivity index (χ3v) is 4.13. The third-order valence-electron chi connectivity index (χ3n) is 4.13. The van der Waals surface area contributed by atoms with Crippen molar-refractivity contribution < 1.29 is 14.3 Å². The molecule has 1 aromatic carbocycles. The lowest BCUT2D eigenvalue weighted by Crippen LogP contribution is -2.28. The Bertz CT molecular complexity index is 446. The maximum Gasteiger partial charge on any atom is 0.303 e. The van der Waals surface area contributed by atoms with Crippen LogP contribution in [0, 0.1) is 5.82 Å². The van der Waals surface area contributed by atoms with Gasteiger partial charge in [0.1, 0.15) is 5.82 Å². The van der Waals surface area contributed by atoms with Crippen LogP contribution in [0.5, 0.6) is 0 Å². The number of likely N-dealkylation sites (tertiary alicyclic amines) is 1. The topological polar surface area (TPSA) is 40.5 Å². The van der Waals surface area contributed by atoms with Gasteiger partial charge in [0, 0.05) is 19.0 Å². The predicted molar refractivity (Wildman–Crippen MR) is 76.3 cm³/mol. The molecular formula is C16H22FNO2. The van der Waals surface area contributed by atoms with Crippen LogP contribution in [0.25, 0.3) is 0 Å². The van der Waals surface area contributed by atoms with E-state index in [9.17, 15) is 9.18 Å². The molecule has 0 saturated carbocycles. The van der Waals surface area contributed by atoms with Crippen LogP contribution >= 0.6 is 0 Å². The zero-order chi connectivity index (χ0) is 14.5. The van der Waals surface area contributed by atoms with Crippen LogP contribution in [0.15, 0.2) is 24.3 Å². The summed E-state index contributed by atoms with van der Waals surface area (Å²) in [5, 5.41) is 8.63. The summed E-state index contributed by atoms with van der Waals surface area (Å²) in [6.07, 6.45) is 3.00. The minimum absolute atomic E-state index is 0.190. The van der Waals surface area contributed by atoms with Gasteiger partial charge >= 0.3 is 5.97 Å². The molecule has 0 aliphatic carbocycles. The van der Waals surface area contributed by atoms with Gasteiger partial charge in [0.15, 0.2) is 0 Å². The Morgan fingerprint density at radius 3 is 2.70 bits per heavy atom. The normalized spacial score (nSPS) is 23.1. The van der Waals surface area contributed by atoms with Gasteiger partial charge in [-0.25, -0.2) is 4.39 Å². The summed E-state index contributed by atoms with van der Waals surface area (Å²) in [7, 11) is 0. The van der Waals surface area contributed by atoms with Crippen molar-refractivity contribution >= 4 is 5.97 Å². The Hall–Kier alpha value is -1.42. The van der Waals surface area contributed by atoms with Crippen LogP contribution in [-0.2, 0) is 4.79 Å². The van der Waals surface area contributed by atoms with Crippen LogP contribution < -0.4 is 0 Å². The van der Waals surface area contributed by atoms with Gasteiger partial charge in [-0.05, 0) is 56.3 Å². The highest BCUT2D eigenvalue weighted by Gasteiger charge is 2.29. The molecule has 1 aromatic rings. The molecule has 0 bridgehead atoms. The van der Waals surface area contributed by atoms with Crippen molar-refractivity contribution in [3.8, 4) is 0 Å². The van der Waals surface area contributed by atoms with E-state index in [0.717, 1.165) is 32.4 Å². The zero-order valence-corrected chi connectivity index (χ0v) is 11.9. The summed E-state index contributed by atoms with van der Waals surface area (Å²) in [5.41, 5.74) is 1.20. The number of hydrogen-bond acceptors (Lipinski definition) is 2. The summed E-state index contributed by atoms with van der Waals surface area (Å²) >= 11 is 0. The van der Waals surface area contributed by atoms with Gasteiger partial charge in [-0.2, -0.15) is 0 Å². The number of carbonyl (C=O) groups is 1. The van der Waals surface area contributed by atoms with Crippen LogP contribution in [0.4, 0.5) is 4.39 Å². The van der Waals surface area contributed by atoms with E-state index < -0.39 is 5.97 Å². The molecule has 1 fully saturated rings. The van der Waals surface area contributed by atoms with E-state index in [4.69, 9.17) is 5.11 Å². The second kappa shape index (κ2) is 6.84. The van der Waals surface area contributed by atoms with Crippen LogP contribution in [-0.4, -0.2) is 35.1 Å². The van der Waals surface area contributed by atoms with Crippen molar-refractivity contribution in [2.45, 2.75) is 44.6 Å². The summed E-state index contributed by atoms with van der Waals surface area (Å²) in [6.45, 7) is 4.15. The Morgan fingerprint density at radius 2 is 2.05 bits per heavy atom. The van der Waals surface area contributed by atoms with E-state index in [1.807, 2.05) is 12.1 Å². The molecule has 0 amide bonds. The molecule has 2 unspecified atom stereocenters. The summed E-state index contributed by atoms with van der Waals surface area (Å²) in [4.78, 5) is 12.9. The largest absolute Gasteiger partial charge is 0.481 e. The van der Waals surface area contributed by atoms with Crippen molar-refractivity contribution in [3.05, 3.63) is 35.6 Å². The Balaban J connectivity index is 1.82. The fourth-order valence-corrected chi connectivity index (χ4v) is 2.98. The van der Waals surface area contributed by atoms with E-state index in [1.165, 1.54) is 17.7 Å². The van der Waals surface area contributed by atoms with Crippen LogP contribution in [0.3, 0.4) is 0 Å². The van der Waals surface area contributed by atoms with Crippen molar-refractivity contribution in [1.29, 1.82) is 0 Å². The molecular weight excluding hydrogens is 257 g/mol. The maximum absolute atomic E-state index is 12.9. The molecule has 4 heteroatoms. The first-order valence-corrected chi connectivity index (χ1v) is 7.27. The van der Waals surface area contributed by atoms with Gasteiger partial charge in [-0.15, -0.1) is 0 Å². The molecule has 1 saturated heterocycles. The van der Waals surface area contributed by atoms with Gasteiger partial charge < -0.3 is 10.0 Å². The van der Waals surface area contributed by atoms with E-state index in [0.29, 0.717) is 12.0 Å². The van der Waals surface area contributed by atoms with Gasteiger partial charge in [0.2, 0.25) is 0 Å². The average molecular weight is 279 g/mol. The molecule has 20 heavy (non-hydrogen) atoms. The summed E-state index contributed by atoms with van der Waals surface area (Å²) in [6, 6.07) is 7.31. The molecule has 1 N–H and O–H groups in total. The number of halogens is 1. The Labute approximate surface area is 119 Å². The second-order valence-electron chi connectivity index (χ2n) is 5.68. The number of aliphatic carboxylic acids is 1. The first-order valence-electron chi connectivity index (χ1n) is 7.27. The highest BCUT2D eigenvalue weighted by atomic mass is 19.1. The molecule has 2 rings (SSSR count). The monoisotopic (exact) mass is 279 g/mol. The lowest BCUT2D eigenvalue weighted by atomic mass is 9.97. The SMILES string of the molecule is CC1CC(c2ccc(F)cc2)CN1CCCCC(=O)O. The molecule has 0 radical (unpaired) electrons. The van der Waals surface area contributed by atoms with E-state index in [1.54, 1.807) is 0 Å². The summed E-state index contributed by atoms with van der Waals surface area (Å²) < 4.78 is 12.9. The molecule has 1 aliphatic heterocycles. The lowest BCUT2D eigenvalue weighted by molar-refractivity contribution is -0.137. The molecule has 2 atom stereocenters. The molecule has 1 aliphatic rings. The first-order chi connectivity index (χ1) is 9.56. The first kappa shape index (κ1) is 15.0. The zero-order valence-electron chi connectivity index (χ0n) is 11.9. The van der Waals surface area contributed by atoms with Crippen LogP contribution in [0.1, 0.15) is 44.1 Å². The predicted octanol–water partition coefficient (Wildman–Crippen LogP) is 3.26. The van der Waals surface area contributed by atoms with Crippen molar-refractivity contribution in [2.75, 3.05) is 13.1 Å². The van der Waals surface area contributed by atoms with Gasteiger partial charge in [0.25, 0.3) is 0 Å². The molecule has 0 aromatic heterocycles. The number of carboxylic acid groups (broad SMARTS) is 1. The second-order valence-corrected chi connectivity index (χ2v) is 5.68. The van der Waals surface area contributed by atoms with Crippen molar-refractivity contribution in [2.24, 2.45) is 0 Å². The Kier molecular flexibility index (Phi) is 5.12. The summed E-state index contributed by atoms with van der Waals surface area (Å²) in [5.74, 6) is -0.445. The molecule has 1 heterocycles. The molecule has 3 nitrogen and oxygen atoms in total. The number of nitrogens with zero attached hydrogens (tertiary/aromatic N) is 1. The fourth-order valence-electron chi connectivity index (χ4n) is 2.98. The van der Waals surface area contributed by atoms with E-state index in [-0.39, 0.29) is 12.2 Å². The quantitative estimate of drug-likeness (QED) is 0.813.